The van der Waals surface area contributed by atoms with Gasteiger partial charge in [0.2, 0.25) is 0 Å². The van der Waals surface area contributed by atoms with Crippen LogP contribution in [0.2, 0.25) is 5.02 Å². The molecule has 0 N–H and O–H groups in total. The quantitative estimate of drug-likeness (QED) is 0.771. The van der Waals surface area contributed by atoms with Crippen LogP contribution in [0.3, 0.4) is 0 Å². The van der Waals surface area contributed by atoms with Gasteiger partial charge >= 0.3 is 0 Å². The van der Waals surface area contributed by atoms with Crippen LogP contribution in [0.1, 0.15) is 33.8 Å². The molecular formula is C14H11ClO3. The lowest BCUT2D eigenvalue weighted by Crippen LogP contribution is -2.04. The van der Waals surface area contributed by atoms with E-state index in [4.69, 9.17) is 16.0 Å². The summed E-state index contributed by atoms with van der Waals surface area (Å²) in [5.74, 6) is 0.0489. The number of rotatable bonds is 5. The van der Waals surface area contributed by atoms with E-state index in [2.05, 4.69) is 0 Å². The Morgan fingerprint density at radius 2 is 1.67 bits per heavy atom. The highest BCUT2D eigenvalue weighted by Gasteiger charge is 2.12. The number of furan rings is 1. The van der Waals surface area contributed by atoms with Gasteiger partial charge in [0.15, 0.2) is 17.3 Å². The molecule has 0 fully saturated rings. The molecule has 0 aliphatic heterocycles. The van der Waals surface area contributed by atoms with Gasteiger partial charge in [-0.25, -0.2) is 0 Å². The Kier molecular flexibility index (Phi) is 3.95. The van der Waals surface area contributed by atoms with E-state index in [9.17, 15) is 9.59 Å². The second-order valence-corrected chi connectivity index (χ2v) is 4.27. The number of carbonyl (C=O) groups is 2. The number of hydrogen-bond donors (Lipinski definition) is 0. The summed E-state index contributed by atoms with van der Waals surface area (Å²) in [6.45, 7) is 0. The molecule has 0 bridgehead atoms. The van der Waals surface area contributed by atoms with Crippen LogP contribution in [0.25, 0.3) is 0 Å². The van der Waals surface area contributed by atoms with Crippen molar-refractivity contribution in [2.75, 3.05) is 0 Å². The predicted octanol–water partition coefficient (Wildman–Crippen LogP) is 3.78. The van der Waals surface area contributed by atoms with Gasteiger partial charge in [0.05, 0.1) is 6.26 Å². The summed E-state index contributed by atoms with van der Waals surface area (Å²) >= 11 is 5.73. The van der Waals surface area contributed by atoms with Crippen molar-refractivity contribution in [3.8, 4) is 0 Å². The molecule has 2 aromatic rings. The first kappa shape index (κ1) is 12.6. The molecule has 4 heteroatoms. The Morgan fingerprint density at radius 1 is 1.00 bits per heavy atom. The lowest BCUT2D eigenvalue weighted by molar-refractivity contribution is 0.0902. The molecule has 0 aliphatic rings. The van der Waals surface area contributed by atoms with E-state index in [1.54, 1.807) is 36.4 Å². The van der Waals surface area contributed by atoms with Crippen molar-refractivity contribution in [2.45, 2.75) is 12.8 Å². The summed E-state index contributed by atoms with van der Waals surface area (Å²) in [4.78, 5) is 23.4. The van der Waals surface area contributed by atoms with Gasteiger partial charge in [-0.15, -0.1) is 0 Å². The van der Waals surface area contributed by atoms with E-state index in [0.717, 1.165) is 0 Å². The van der Waals surface area contributed by atoms with Crippen molar-refractivity contribution in [3.05, 3.63) is 59.0 Å². The standard InChI is InChI=1S/C14H11ClO3/c15-11-5-3-10(4-6-11)12(16)7-8-13(17)14-2-1-9-18-14/h1-6,9H,7-8H2. The average Bonchev–Trinajstić information content (AvgIpc) is 2.90. The normalized spacial score (nSPS) is 10.3. The molecule has 0 saturated carbocycles. The summed E-state index contributed by atoms with van der Waals surface area (Å²) in [5.41, 5.74) is 0.562. The maximum absolute atomic E-state index is 11.8. The molecule has 2 rings (SSSR count). The molecule has 18 heavy (non-hydrogen) atoms. The second-order valence-electron chi connectivity index (χ2n) is 3.83. The fourth-order valence-electron chi connectivity index (χ4n) is 1.57. The molecule has 0 spiro atoms. The minimum Gasteiger partial charge on any atom is -0.461 e. The zero-order chi connectivity index (χ0) is 13.0. The van der Waals surface area contributed by atoms with Crippen molar-refractivity contribution in [3.63, 3.8) is 0 Å². The van der Waals surface area contributed by atoms with Crippen LogP contribution in [0, 0.1) is 0 Å². The maximum Gasteiger partial charge on any atom is 0.198 e. The molecule has 3 nitrogen and oxygen atoms in total. The van der Waals surface area contributed by atoms with Gasteiger partial charge in [-0.05, 0) is 36.4 Å². The largest absolute Gasteiger partial charge is 0.461 e. The highest BCUT2D eigenvalue weighted by atomic mass is 35.5. The lowest BCUT2D eigenvalue weighted by atomic mass is 10.0. The van der Waals surface area contributed by atoms with Gasteiger partial charge in [-0.2, -0.15) is 0 Å². The zero-order valence-electron chi connectivity index (χ0n) is 9.56. The van der Waals surface area contributed by atoms with Crippen molar-refractivity contribution in [1.29, 1.82) is 0 Å². The van der Waals surface area contributed by atoms with Gasteiger partial charge < -0.3 is 4.42 Å². The molecule has 0 amide bonds. The summed E-state index contributed by atoms with van der Waals surface area (Å²) in [5, 5.41) is 0.582. The maximum atomic E-state index is 11.8. The topological polar surface area (TPSA) is 47.3 Å². The van der Waals surface area contributed by atoms with Crippen LogP contribution in [0.15, 0.2) is 47.1 Å². The molecule has 92 valence electrons. The highest BCUT2D eigenvalue weighted by Crippen LogP contribution is 2.13. The smallest absolute Gasteiger partial charge is 0.198 e. The van der Waals surface area contributed by atoms with Gasteiger partial charge in [0.25, 0.3) is 0 Å². The summed E-state index contributed by atoms with van der Waals surface area (Å²) in [7, 11) is 0. The number of carbonyl (C=O) groups excluding carboxylic acids is 2. The summed E-state index contributed by atoms with van der Waals surface area (Å²) in [6, 6.07) is 9.86. The molecule has 1 aromatic heterocycles. The highest BCUT2D eigenvalue weighted by molar-refractivity contribution is 6.30. The SMILES string of the molecule is O=C(CCC(=O)c1ccco1)c1ccc(Cl)cc1. The Morgan fingerprint density at radius 3 is 2.28 bits per heavy atom. The monoisotopic (exact) mass is 262 g/mol. The van der Waals surface area contributed by atoms with Crippen molar-refractivity contribution < 1.29 is 14.0 Å². The van der Waals surface area contributed by atoms with Crippen LogP contribution in [-0.4, -0.2) is 11.6 Å². The number of benzene rings is 1. The number of Topliss-reactive ketones (excluding diaryl/α,β-unsaturated/α-hetero) is 2. The molecule has 1 aromatic carbocycles. The third-order valence-corrected chi connectivity index (χ3v) is 2.79. The van der Waals surface area contributed by atoms with Crippen molar-refractivity contribution in [2.24, 2.45) is 0 Å². The van der Waals surface area contributed by atoms with Crippen LogP contribution >= 0.6 is 11.6 Å². The first-order valence-corrected chi connectivity index (χ1v) is 5.90. The van der Waals surface area contributed by atoms with Gasteiger partial charge in [0.1, 0.15) is 0 Å². The molecule has 0 radical (unpaired) electrons. The fourth-order valence-corrected chi connectivity index (χ4v) is 1.69. The summed E-state index contributed by atoms with van der Waals surface area (Å²) in [6.07, 6.45) is 1.75. The Labute approximate surface area is 109 Å². The predicted molar refractivity (Wildman–Crippen MR) is 68.1 cm³/mol. The van der Waals surface area contributed by atoms with Crippen LogP contribution < -0.4 is 0 Å². The molecule has 0 saturated heterocycles. The first-order valence-electron chi connectivity index (χ1n) is 5.52. The zero-order valence-corrected chi connectivity index (χ0v) is 10.3. The lowest BCUT2D eigenvalue weighted by Gasteiger charge is -2.00. The second kappa shape index (κ2) is 5.65. The van der Waals surface area contributed by atoms with Crippen LogP contribution in [0.5, 0.6) is 0 Å². The molecule has 1 heterocycles. The Bertz CT molecular complexity index is 541. The number of hydrogen-bond acceptors (Lipinski definition) is 3. The summed E-state index contributed by atoms with van der Waals surface area (Å²) < 4.78 is 4.97. The van der Waals surface area contributed by atoms with Gasteiger partial charge in [-0.3, -0.25) is 9.59 Å². The van der Waals surface area contributed by atoms with E-state index in [1.165, 1.54) is 6.26 Å². The number of halogens is 1. The van der Waals surface area contributed by atoms with Crippen LogP contribution in [-0.2, 0) is 0 Å². The van der Waals surface area contributed by atoms with Gasteiger partial charge in [0, 0.05) is 23.4 Å². The van der Waals surface area contributed by atoms with E-state index < -0.39 is 0 Å². The van der Waals surface area contributed by atoms with Gasteiger partial charge in [-0.1, -0.05) is 11.6 Å². The van der Waals surface area contributed by atoms with Crippen molar-refractivity contribution in [1.82, 2.24) is 0 Å². The van der Waals surface area contributed by atoms with E-state index in [-0.39, 0.29) is 24.4 Å². The Hall–Kier alpha value is -1.87. The Balaban J connectivity index is 1.92. The minimum atomic E-state index is -0.165. The minimum absolute atomic E-state index is 0.0772. The third kappa shape index (κ3) is 3.08. The average molecular weight is 263 g/mol. The van der Waals surface area contributed by atoms with Crippen LogP contribution in [0.4, 0.5) is 0 Å². The number of ketones is 2. The third-order valence-electron chi connectivity index (χ3n) is 2.54. The molecular weight excluding hydrogens is 252 g/mol. The first-order chi connectivity index (χ1) is 8.66. The molecule has 0 aliphatic carbocycles. The molecule has 0 atom stereocenters. The van der Waals surface area contributed by atoms with E-state index >= 15 is 0 Å². The van der Waals surface area contributed by atoms with E-state index in [1.807, 2.05) is 0 Å². The van der Waals surface area contributed by atoms with Crippen molar-refractivity contribution >= 4 is 23.2 Å². The van der Waals surface area contributed by atoms with E-state index in [0.29, 0.717) is 16.3 Å². The fraction of sp³-hybridized carbons (Fsp3) is 0.143. The molecule has 0 unspecified atom stereocenters.